The fourth-order valence-corrected chi connectivity index (χ4v) is 2.92. The Hall–Kier alpha value is -0.160. The number of aliphatic hydroxyl groups excluding tert-OH is 1. The van der Waals surface area contributed by atoms with Crippen LogP contribution in [0.15, 0.2) is 0 Å². The summed E-state index contributed by atoms with van der Waals surface area (Å²) >= 11 is 0. The third-order valence-electron chi connectivity index (χ3n) is 4.21. The maximum absolute atomic E-state index is 9.86. The molecule has 1 aliphatic carbocycles. The number of rotatable bonds is 8. The van der Waals surface area contributed by atoms with Gasteiger partial charge >= 0.3 is 0 Å². The molecule has 0 amide bonds. The van der Waals surface area contributed by atoms with Crippen molar-refractivity contribution in [2.75, 3.05) is 32.9 Å². The maximum atomic E-state index is 9.86. The van der Waals surface area contributed by atoms with Crippen LogP contribution >= 0.6 is 0 Å². The molecule has 0 bridgehead atoms. The van der Waals surface area contributed by atoms with E-state index in [-0.39, 0.29) is 6.10 Å². The van der Waals surface area contributed by atoms with Gasteiger partial charge in [-0.3, -0.25) is 0 Å². The van der Waals surface area contributed by atoms with Crippen LogP contribution in [-0.2, 0) is 9.47 Å². The van der Waals surface area contributed by atoms with Gasteiger partial charge < -0.3 is 19.9 Å². The highest BCUT2D eigenvalue weighted by atomic mass is 16.5. The van der Waals surface area contributed by atoms with Crippen molar-refractivity contribution in [3.8, 4) is 0 Å². The fourth-order valence-electron chi connectivity index (χ4n) is 2.92. The molecule has 19 heavy (non-hydrogen) atoms. The molecule has 2 N–H and O–H groups in total. The van der Waals surface area contributed by atoms with Crippen molar-refractivity contribution in [2.24, 2.45) is 5.92 Å². The van der Waals surface area contributed by atoms with E-state index in [1.54, 1.807) is 0 Å². The molecule has 4 heteroatoms. The molecule has 2 fully saturated rings. The number of hydrogen-bond acceptors (Lipinski definition) is 4. The van der Waals surface area contributed by atoms with Crippen molar-refractivity contribution in [2.45, 2.75) is 57.2 Å². The molecule has 1 heterocycles. The Labute approximate surface area is 116 Å². The van der Waals surface area contributed by atoms with Gasteiger partial charge in [0.1, 0.15) is 0 Å². The monoisotopic (exact) mass is 271 g/mol. The molecule has 0 aromatic heterocycles. The summed E-state index contributed by atoms with van der Waals surface area (Å²) in [5, 5.41) is 13.2. The molecule has 0 radical (unpaired) electrons. The van der Waals surface area contributed by atoms with Gasteiger partial charge in [-0.25, -0.2) is 0 Å². The number of hydrogen-bond donors (Lipinski definition) is 2. The van der Waals surface area contributed by atoms with Crippen molar-refractivity contribution in [3.63, 3.8) is 0 Å². The Morgan fingerprint density at radius 2 is 2.05 bits per heavy atom. The zero-order valence-electron chi connectivity index (χ0n) is 12.0. The molecule has 1 saturated carbocycles. The molecule has 0 aromatic carbocycles. The van der Waals surface area contributed by atoms with E-state index in [4.69, 9.17) is 9.47 Å². The van der Waals surface area contributed by atoms with Gasteiger partial charge in [0.15, 0.2) is 0 Å². The first-order chi connectivity index (χ1) is 9.34. The Kier molecular flexibility index (Phi) is 7.14. The van der Waals surface area contributed by atoms with E-state index in [9.17, 15) is 5.11 Å². The van der Waals surface area contributed by atoms with Crippen LogP contribution in [0.3, 0.4) is 0 Å². The van der Waals surface area contributed by atoms with Gasteiger partial charge in [-0.05, 0) is 38.1 Å². The fraction of sp³-hybridized carbons (Fsp3) is 1.00. The lowest BCUT2D eigenvalue weighted by Crippen LogP contribution is -2.33. The summed E-state index contributed by atoms with van der Waals surface area (Å²) in [6, 6.07) is 0. The summed E-state index contributed by atoms with van der Waals surface area (Å²) in [5.74, 6) is 0.711. The third kappa shape index (κ3) is 6.21. The standard InChI is InChI=1S/C15H29NO3/c17-14(12-19-15-4-2-1-3-5-15)10-16-8-6-13-7-9-18-11-13/h13-17H,1-12H2. The lowest BCUT2D eigenvalue weighted by Gasteiger charge is -2.23. The van der Waals surface area contributed by atoms with Gasteiger partial charge in [-0.15, -0.1) is 0 Å². The quantitative estimate of drug-likeness (QED) is 0.660. The normalized spacial score (nSPS) is 26.7. The first kappa shape index (κ1) is 15.2. The van der Waals surface area contributed by atoms with E-state index >= 15 is 0 Å². The highest BCUT2D eigenvalue weighted by Crippen LogP contribution is 2.20. The largest absolute Gasteiger partial charge is 0.389 e. The van der Waals surface area contributed by atoms with E-state index in [1.807, 2.05) is 0 Å². The Balaban J connectivity index is 1.43. The summed E-state index contributed by atoms with van der Waals surface area (Å²) in [7, 11) is 0. The second-order valence-electron chi connectivity index (χ2n) is 5.97. The predicted octanol–water partition coefficient (Wildman–Crippen LogP) is 1.71. The van der Waals surface area contributed by atoms with Crippen LogP contribution < -0.4 is 5.32 Å². The molecule has 0 aromatic rings. The van der Waals surface area contributed by atoms with Crippen LogP contribution in [0, 0.1) is 5.92 Å². The third-order valence-corrected chi connectivity index (χ3v) is 4.21. The lowest BCUT2D eigenvalue weighted by atomic mass is 9.98. The summed E-state index contributed by atoms with van der Waals surface area (Å²) in [6.45, 7) is 3.91. The highest BCUT2D eigenvalue weighted by molar-refractivity contribution is 4.68. The average Bonchev–Trinajstić information content (AvgIpc) is 2.96. The summed E-state index contributed by atoms with van der Waals surface area (Å²) < 4.78 is 11.1. The summed E-state index contributed by atoms with van der Waals surface area (Å²) in [5.41, 5.74) is 0. The minimum absolute atomic E-state index is 0.373. The molecule has 112 valence electrons. The molecule has 1 saturated heterocycles. The molecule has 1 aliphatic heterocycles. The van der Waals surface area contributed by atoms with Crippen molar-refractivity contribution in [1.29, 1.82) is 0 Å². The Bertz CT molecular complexity index is 225. The minimum Gasteiger partial charge on any atom is -0.389 e. The van der Waals surface area contributed by atoms with Crippen LogP contribution in [0.1, 0.15) is 44.9 Å². The molecule has 2 unspecified atom stereocenters. The van der Waals surface area contributed by atoms with Gasteiger partial charge in [-0.1, -0.05) is 19.3 Å². The molecule has 2 atom stereocenters. The van der Waals surface area contributed by atoms with E-state index < -0.39 is 0 Å². The molecular weight excluding hydrogens is 242 g/mol. The zero-order chi connectivity index (χ0) is 13.3. The first-order valence-electron chi connectivity index (χ1n) is 7.92. The van der Waals surface area contributed by atoms with Crippen LogP contribution in [0.2, 0.25) is 0 Å². The van der Waals surface area contributed by atoms with Gasteiger partial charge in [0.05, 0.1) is 18.8 Å². The van der Waals surface area contributed by atoms with Crippen molar-refractivity contribution in [1.82, 2.24) is 5.32 Å². The van der Waals surface area contributed by atoms with Gasteiger partial charge in [0.25, 0.3) is 0 Å². The van der Waals surface area contributed by atoms with Gasteiger partial charge in [0, 0.05) is 19.8 Å². The summed E-state index contributed by atoms with van der Waals surface area (Å²) in [6.07, 6.45) is 8.59. The Morgan fingerprint density at radius 1 is 1.21 bits per heavy atom. The SMILES string of the molecule is OC(CNCCC1CCOC1)COC1CCCCC1. The smallest absolute Gasteiger partial charge is 0.0897 e. The first-order valence-corrected chi connectivity index (χ1v) is 7.92. The van der Waals surface area contributed by atoms with Crippen LogP contribution in [0.4, 0.5) is 0 Å². The predicted molar refractivity (Wildman–Crippen MR) is 75.2 cm³/mol. The van der Waals surface area contributed by atoms with Gasteiger partial charge in [-0.2, -0.15) is 0 Å². The van der Waals surface area contributed by atoms with Crippen molar-refractivity contribution in [3.05, 3.63) is 0 Å². The zero-order valence-corrected chi connectivity index (χ0v) is 12.0. The number of ether oxygens (including phenoxy) is 2. The van der Waals surface area contributed by atoms with Crippen LogP contribution in [0.25, 0.3) is 0 Å². The second-order valence-corrected chi connectivity index (χ2v) is 5.97. The summed E-state index contributed by atoms with van der Waals surface area (Å²) in [4.78, 5) is 0. The Morgan fingerprint density at radius 3 is 2.79 bits per heavy atom. The van der Waals surface area contributed by atoms with Crippen LogP contribution in [-0.4, -0.2) is 50.2 Å². The number of nitrogens with one attached hydrogen (secondary N) is 1. The molecule has 4 nitrogen and oxygen atoms in total. The van der Waals surface area contributed by atoms with E-state index in [2.05, 4.69) is 5.32 Å². The van der Waals surface area contributed by atoms with Crippen molar-refractivity contribution < 1.29 is 14.6 Å². The topological polar surface area (TPSA) is 50.7 Å². The van der Waals surface area contributed by atoms with Crippen molar-refractivity contribution >= 4 is 0 Å². The lowest BCUT2D eigenvalue weighted by molar-refractivity contribution is -0.0229. The molecule has 2 aliphatic rings. The number of aliphatic hydroxyl groups is 1. The van der Waals surface area contributed by atoms with E-state index in [0.717, 1.165) is 26.2 Å². The second kappa shape index (κ2) is 8.90. The van der Waals surface area contributed by atoms with E-state index in [1.165, 1.54) is 38.5 Å². The van der Waals surface area contributed by atoms with Gasteiger partial charge in [0.2, 0.25) is 0 Å². The van der Waals surface area contributed by atoms with Crippen LogP contribution in [0.5, 0.6) is 0 Å². The van der Waals surface area contributed by atoms with E-state index in [0.29, 0.717) is 25.2 Å². The maximum Gasteiger partial charge on any atom is 0.0897 e. The molecular formula is C15H29NO3. The highest BCUT2D eigenvalue weighted by Gasteiger charge is 2.16. The molecule has 0 spiro atoms. The molecule has 2 rings (SSSR count). The minimum atomic E-state index is -0.373. The average molecular weight is 271 g/mol.